The Morgan fingerprint density at radius 2 is 1.87 bits per heavy atom. The minimum Gasteiger partial charge on any atom is -0.378 e. The number of nitrogens with two attached hydrogens (primary N) is 1. The van der Waals surface area contributed by atoms with E-state index in [4.69, 9.17) is 5.73 Å². The topological polar surface area (TPSA) is 57.9 Å². The van der Waals surface area contributed by atoms with Crippen molar-refractivity contribution >= 4 is 11.6 Å². The molecule has 0 atom stereocenters. The highest BCUT2D eigenvalue weighted by Crippen LogP contribution is 2.20. The van der Waals surface area contributed by atoms with Crippen molar-refractivity contribution in [3.05, 3.63) is 30.5 Å². The fourth-order valence-corrected chi connectivity index (χ4v) is 1.42. The average Bonchev–Trinajstić information content (AvgIpc) is 2.65. The van der Waals surface area contributed by atoms with Crippen LogP contribution >= 0.6 is 0 Å². The van der Waals surface area contributed by atoms with Crippen molar-refractivity contribution in [2.45, 2.75) is 0 Å². The second-order valence-corrected chi connectivity index (χ2v) is 3.62. The number of imidazole rings is 1. The van der Waals surface area contributed by atoms with Gasteiger partial charge < -0.3 is 15.6 Å². The predicted octanol–water partition coefficient (Wildman–Crippen LogP) is 1.72. The first kappa shape index (κ1) is 9.58. The highest BCUT2D eigenvalue weighted by Gasteiger charge is 2.01. The van der Waals surface area contributed by atoms with Gasteiger partial charge in [-0.25, -0.2) is 4.98 Å². The maximum absolute atomic E-state index is 5.52. The summed E-state index contributed by atoms with van der Waals surface area (Å²) in [6.45, 7) is 0. The maximum Gasteiger partial charge on any atom is 0.197 e. The minimum atomic E-state index is 0.446. The van der Waals surface area contributed by atoms with Gasteiger partial charge in [0, 0.05) is 19.8 Å². The van der Waals surface area contributed by atoms with Gasteiger partial charge in [-0.3, -0.25) is 0 Å². The molecule has 1 heterocycles. The van der Waals surface area contributed by atoms with Crippen LogP contribution in [0.5, 0.6) is 0 Å². The van der Waals surface area contributed by atoms with Crippen LogP contribution in [0.2, 0.25) is 0 Å². The Morgan fingerprint density at radius 1 is 1.20 bits per heavy atom. The van der Waals surface area contributed by atoms with Crippen molar-refractivity contribution in [2.24, 2.45) is 0 Å². The molecule has 78 valence electrons. The van der Waals surface area contributed by atoms with Gasteiger partial charge in [-0.05, 0) is 17.7 Å². The predicted molar refractivity (Wildman–Crippen MR) is 62.8 cm³/mol. The quantitative estimate of drug-likeness (QED) is 0.779. The average molecular weight is 202 g/mol. The molecule has 0 amide bonds. The van der Waals surface area contributed by atoms with E-state index in [9.17, 15) is 0 Å². The molecule has 0 aliphatic rings. The highest BCUT2D eigenvalue weighted by molar-refractivity contribution is 5.63. The third kappa shape index (κ3) is 1.93. The summed E-state index contributed by atoms with van der Waals surface area (Å²) in [6, 6.07) is 8.21. The van der Waals surface area contributed by atoms with Crippen molar-refractivity contribution in [2.75, 3.05) is 24.7 Å². The number of nitrogens with zero attached hydrogens (tertiary/aromatic N) is 2. The number of hydrogen-bond acceptors (Lipinski definition) is 3. The van der Waals surface area contributed by atoms with Crippen LogP contribution in [-0.4, -0.2) is 24.1 Å². The second-order valence-electron chi connectivity index (χ2n) is 3.62. The molecule has 4 heteroatoms. The second kappa shape index (κ2) is 3.65. The Morgan fingerprint density at radius 3 is 2.33 bits per heavy atom. The van der Waals surface area contributed by atoms with Gasteiger partial charge in [-0.2, -0.15) is 0 Å². The van der Waals surface area contributed by atoms with Gasteiger partial charge in [-0.1, -0.05) is 12.1 Å². The molecule has 0 saturated heterocycles. The lowest BCUT2D eigenvalue weighted by atomic mass is 10.1. The zero-order valence-corrected chi connectivity index (χ0v) is 8.86. The molecule has 0 spiro atoms. The number of aromatic nitrogens is 2. The summed E-state index contributed by atoms with van der Waals surface area (Å²) >= 11 is 0. The van der Waals surface area contributed by atoms with Crippen molar-refractivity contribution in [3.63, 3.8) is 0 Å². The van der Waals surface area contributed by atoms with E-state index in [1.54, 1.807) is 6.20 Å². The third-order valence-corrected chi connectivity index (χ3v) is 2.29. The number of hydrogen-bond donors (Lipinski definition) is 2. The standard InChI is InChI=1S/C11H14N4/c1-15(2)9-5-3-8(4-6-9)10-7-13-11(12)14-10/h3-7H,1-2H3,(H3,12,13,14). The van der Waals surface area contributed by atoms with Gasteiger partial charge in [0.05, 0.1) is 11.9 Å². The first-order valence-electron chi connectivity index (χ1n) is 4.75. The van der Waals surface area contributed by atoms with E-state index in [0.717, 1.165) is 11.3 Å². The van der Waals surface area contributed by atoms with Crippen LogP contribution < -0.4 is 10.6 Å². The summed E-state index contributed by atoms with van der Waals surface area (Å²) in [5.74, 6) is 0.446. The molecule has 1 aromatic heterocycles. The fourth-order valence-electron chi connectivity index (χ4n) is 1.42. The molecule has 0 radical (unpaired) electrons. The molecule has 3 N–H and O–H groups in total. The normalized spacial score (nSPS) is 10.3. The zero-order chi connectivity index (χ0) is 10.8. The summed E-state index contributed by atoms with van der Waals surface area (Å²) in [5, 5.41) is 0. The minimum absolute atomic E-state index is 0.446. The molecule has 15 heavy (non-hydrogen) atoms. The van der Waals surface area contributed by atoms with Gasteiger partial charge >= 0.3 is 0 Å². The highest BCUT2D eigenvalue weighted by atomic mass is 15.1. The maximum atomic E-state index is 5.52. The summed E-state index contributed by atoms with van der Waals surface area (Å²) in [7, 11) is 4.03. The van der Waals surface area contributed by atoms with Gasteiger partial charge in [0.2, 0.25) is 0 Å². The Hall–Kier alpha value is -1.97. The van der Waals surface area contributed by atoms with Crippen LogP contribution in [0.3, 0.4) is 0 Å². The lowest BCUT2D eigenvalue weighted by Crippen LogP contribution is -2.07. The van der Waals surface area contributed by atoms with Gasteiger partial charge in [0.15, 0.2) is 5.95 Å². The van der Waals surface area contributed by atoms with Crippen molar-refractivity contribution in [1.82, 2.24) is 9.97 Å². The molecule has 4 nitrogen and oxygen atoms in total. The Labute approximate surface area is 88.7 Å². The van der Waals surface area contributed by atoms with Gasteiger partial charge in [0.1, 0.15) is 0 Å². The van der Waals surface area contributed by atoms with Crippen LogP contribution in [0, 0.1) is 0 Å². The molecule has 0 fully saturated rings. The molecule has 0 saturated carbocycles. The largest absolute Gasteiger partial charge is 0.378 e. The smallest absolute Gasteiger partial charge is 0.197 e. The van der Waals surface area contributed by atoms with Crippen LogP contribution in [-0.2, 0) is 0 Å². The number of anilines is 2. The van der Waals surface area contributed by atoms with Crippen molar-refractivity contribution in [3.8, 4) is 11.3 Å². The summed E-state index contributed by atoms with van der Waals surface area (Å²) < 4.78 is 0. The lowest BCUT2D eigenvalue weighted by molar-refractivity contribution is 1.13. The summed E-state index contributed by atoms with van der Waals surface area (Å²) in [6.07, 6.45) is 1.74. The zero-order valence-electron chi connectivity index (χ0n) is 8.86. The number of H-pyrrole nitrogens is 1. The number of aromatic amines is 1. The van der Waals surface area contributed by atoms with Crippen LogP contribution in [0.25, 0.3) is 11.3 Å². The first-order chi connectivity index (χ1) is 7.16. The lowest BCUT2D eigenvalue weighted by Gasteiger charge is -2.12. The van der Waals surface area contributed by atoms with Crippen LogP contribution in [0.15, 0.2) is 30.5 Å². The van der Waals surface area contributed by atoms with Crippen molar-refractivity contribution < 1.29 is 0 Å². The van der Waals surface area contributed by atoms with E-state index in [1.807, 2.05) is 26.2 Å². The van der Waals surface area contributed by atoms with Crippen LogP contribution in [0.1, 0.15) is 0 Å². The number of rotatable bonds is 2. The SMILES string of the molecule is CN(C)c1ccc(-c2cnc(N)[nH]2)cc1. The van der Waals surface area contributed by atoms with Gasteiger partial charge in [-0.15, -0.1) is 0 Å². The molecular weight excluding hydrogens is 188 g/mol. The van der Waals surface area contributed by atoms with E-state index in [1.165, 1.54) is 5.69 Å². The van der Waals surface area contributed by atoms with E-state index < -0.39 is 0 Å². The van der Waals surface area contributed by atoms with E-state index in [2.05, 4.69) is 27.0 Å². The van der Waals surface area contributed by atoms with Gasteiger partial charge in [0.25, 0.3) is 0 Å². The third-order valence-electron chi connectivity index (χ3n) is 2.29. The Bertz CT molecular complexity index is 442. The molecule has 1 aromatic carbocycles. The summed E-state index contributed by atoms with van der Waals surface area (Å²) in [4.78, 5) is 9.02. The number of benzene rings is 1. The molecule has 0 aliphatic carbocycles. The molecule has 2 rings (SSSR count). The monoisotopic (exact) mass is 202 g/mol. The molecule has 2 aromatic rings. The van der Waals surface area contributed by atoms with E-state index in [0.29, 0.717) is 5.95 Å². The summed E-state index contributed by atoms with van der Waals surface area (Å²) in [5.41, 5.74) is 8.72. The number of nitrogen functional groups attached to an aromatic ring is 1. The first-order valence-corrected chi connectivity index (χ1v) is 4.75. The fraction of sp³-hybridized carbons (Fsp3) is 0.182. The van der Waals surface area contributed by atoms with E-state index in [-0.39, 0.29) is 0 Å². The van der Waals surface area contributed by atoms with Crippen LogP contribution in [0.4, 0.5) is 11.6 Å². The molecule has 0 unspecified atom stereocenters. The van der Waals surface area contributed by atoms with Crippen molar-refractivity contribution in [1.29, 1.82) is 0 Å². The molecular formula is C11H14N4. The molecule has 0 aliphatic heterocycles. The Balaban J connectivity index is 2.31. The number of nitrogens with one attached hydrogen (secondary N) is 1. The molecule has 0 bridgehead atoms. The van der Waals surface area contributed by atoms with E-state index >= 15 is 0 Å². The Kier molecular flexibility index (Phi) is 2.33.